The molecule has 6 nitrogen and oxygen atoms in total. The van der Waals surface area contributed by atoms with Crippen LogP contribution in [0.2, 0.25) is 0 Å². The van der Waals surface area contributed by atoms with Crippen LogP contribution >= 0.6 is 0 Å². The van der Waals surface area contributed by atoms with Gasteiger partial charge in [0.1, 0.15) is 0 Å². The molecule has 162 valence electrons. The van der Waals surface area contributed by atoms with E-state index >= 15 is 0 Å². The van der Waals surface area contributed by atoms with Crippen molar-refractivity contribution < 1.29 is 13.2 Å². The van der Waals surface area contributed by atoms with Crippen LogP contribution < -0.4 is 10.2 Å². The Bertz CT molecular complexity index is 956. The summed E-state index contributed by atoms with van der Waals surface area (Å²) in [5.41, 5.74) is 3.18. The highest BCUT2D eigenvalue weighted by atomic mass is 32.2. The van der Waals surface area contributed by atoms with Gasteiger partial charge in [-0.3, -0.25) is 4.79 Å². The first-order valence-corrected chi connectivity index (χ1v) is 11.8. The Morgan fingerprint density at radius 2 is 1.80 bits per heavy atom. The summed E-state index contributed by atoms with van der Waals surface area (Å²) in [7, 11) is -2.27. The molecule has 1 N–H and O–H groups in total. The van der Waals surface area contributed by atoms with Crippen LogP contribution in [0.3, 0.4) is 0 Å². The van der Waals surface area contributed by atoms with Crippen molar-refractivity contribution in [2.45, 2.75) is 38.1 Å². The first-order chi connectivity index (χ1) is 14.3. The number of aryl methyl sites for hydroxylation is 1. The Morgan fingerprint density at radius 3 is 2.43 bits per heavy atom. The number of hydrogen-bond donors (Lipinski definition) is 1. The number of carbonyl (C=O) groups is 1. The van der Waals surface area contributed by atoms with E-state index in [4.69, 9.17) is 0 Å². The second kappa shape index (κ2) is 9.62. The van der Waals surface area contributed by atoms with Gasteiger partial charge in [-0.2, -0.15) is 4.31 Å². The van der Waals surface area contributed by atoms with Crippen molar-refractivity contribution in [3.05, 3.63) is 59.7 Å². The lowest BCUT2D eigenvalue weighted by Gasteiger charge is -2.32. The van der Waals surface area contributed by atoms with Crippen LogP contribution in [0.15, 0.2) is 53.4 Å². The zero-order valence-electron chi connectivity index (χ0n) is 18.0. The number of amides is 1. The van der Waals surface area contributed by atoms with Crippen LogP contribution in [0.4, 0.5) is 5.69 Å². The van der Waals surface area contributed by atoms with E-state index in [-0.39, 0.29) is 17.3 Å². The molecule has 0 aromatic heterocycles. The van der Waals surface area contributed by atoms with Crippen molar-refractivity contribution in [2.24, 2.45) is 5.92 Å². The normalized spacial score (nSPS) is 17.2. The average molecular weight is 430 g/mol. The zero-order chi connectivity index (χ0) is 21.7. The smallest absolute Gasteiger partial charge is 0.243 e. The highest BCUT2D eigenvalue weighted by Gasteiger charge is 2.22. The van der Waals surface area contributed by atoms with Gasteiger partial charge < -0.3 is 10.2 Å². The number of benzene rings is 2. The average Bonchev–Trinajstić information content (AvgIpc) is 2.73. The Hall–Kier alpha value is -2.38. The molecule has 2 aromatic carbocycles. The SMILES string of the molecule is Cc1ccc(S(=O)(=O)N(C)CC(=O)NCc2ccc(N3CCC[C@@H](C)C3)cc2)cc1. The van der Waals surface area contributed by atoms with Gasteiger partial charge in [-0.25, -0.2) is 8.42 Å². The number of hydrogen-bond acceptors (Lipinski definition) is 4. The Balaban J connectivity index is 1.52. The summed E-state index contributed by atoms with van der Waals surface area (Å²) in [5, 5.41) is 2.81. The van der Waals surface area contributed by atoms with Crippen molar-refractivity contribution in [1.29, 1.82) is 0 Å². The highest BCUT2D eigenvalue weighted by Crippen LogP contribution is 2.23. The molecule has 0 saturated carbocycles. The van der Waals surface area contributed by atoms with E-state index in [1.807, 2.05) is 19.1 Å². The number of rotatable bonds is 7. The van der Waals surface area contributed by atoms with E-state index in [1.165, 1.54) is 25.6 Å². The molecule has 1 fully saturated rings. The molecule has 1 amide bonds. The number of nitrogens with zero attached hydrogens (tertiary/aromatic N) is 2. The third kappa shape index (κ3) is 5.61. The van der Waals surface area contributed by atoms with Crippen LogP contribution in [-0.2, 0) is 21.4 Å². The number of anilines is 1. The number of sulfonamides is 1. The van der Waals surface area contributed by atoms with Gasteiger partial charge >= 0.3 is 0 Å². The van der Waals surface area contributed by atoms with E-state index in [1.54, 1.807) is 24.3 Å². The van der Waals surface area contributed by atoms with Gasteiger partial charge in [0.25, 0.3) is 0 Å². The molecule has 1 aliphatic heterocycles. The molecule has 0 unspecified atom stereocenters. The molecule has 0 radical (unpaired) electrons. The fourth-order valence-electron chi connectivity index (χ4n) is 3.68. The topological polar surface area (TPSA) is 69.7 Å². The summed E-state index contributed by atoms with van der Waals surface area (Å²) < 4.78 is 26.3. The van der Waals surface area contributed by atoms with Crippen molar-refractivity contribution >= 4 is 21.6 Å². The molecule has 1 atom stereocenters. The largest absolute Gasteiger partial charge is 0.371 e. The molecule has 0 aliphatic carbocycles. The molecule has 1 aliphatic rings. The molecule has 3 rings (SSSR count). The van der Waals surface area contributed by atoms with Gasteiger partial charge in [0, 0.05) is 32.4 Å². The first kappa shape index (κ1) is 22.3. The molecule has 7 heteroatoms. The Labute approximate surface area is 179 Å². The summed E-state index contributed by atoms with van der Waals surface area (Å²) in [6.07, 6.45) is 2.51. The summed E-state index contributed by atoms with van der Waals surface area (Å²) >= 11 is 0. The summed E-state index contributed by atoms with van der Waals surface area (Å²) in [4.78, 5) is 14.9. The Morgan fingerprint density at radius 1 is 1.13 bits per heavy atom. The molecule has 0 spiro atoms. The third-order valence-electron chi connectivity index (χ3n) is 5.54. The van der Waals surface area contributed by atoms with Gasteiger partial charge in [-0.05, 0) is 55.5 Å². The summed E-state index contributed by atoms with van der Waals surface area (Å²) in [5.74, 6) is 0.382. The number of piperidine rings is 1. The molecule has 30 heavy (non-hydrogen) atoms. The minimum absolute atomic E-state index is 0.186. The quantitative estimate of drug-likeness (QED) is 0.734. The van der Waals surface area contributed by atoms with Gasteiger partial charge in [0.05, 0.1) is 11.4 Å². The predicted octanol–water partition coefficient (Wildman–Crippen LogP) is 3.17. The number of nitrogens with one attached hydrogen (secondary N) is 1. The first-order valence-electron chi connectivity index (χ1n) is 10.4. The second-order valence-electron chi connectivity index (χ2n) is 8.21. The van der Waals surface area contributed by atoms with Crippen LogP contribution in [0.1, 0.15) is 30.9 Å². The molecule has 2 aromatic rings. The summed E-state index contributed by atoms with van der Waals surface area (Å²) in [6.45, 7) is 6.49. The van der Waals surface area contributed by atoms with Crippen LogP contribution in [-0.4, -0.2) is 45.3 Å². The zero-order valence-corrected chi connectivity index (χ0v) is 18.8. The monoisotopic (exact) mass is 429 g/mol. The minimum Gasteiger partial charge on any atom is -0.371 e. The lowest BCUT2D eigenvalue weighted by molar-refractivity contribution is -0.121. The maximum Gasteiger partial charge on any atom is 0.243 e. The second-order valence-corrected chi connectivity index (χ2v) is 10.3. The van der Waals surface area contributed by atoms with Crippen LogP contribution in [0.5, 0.6) is 0 Å². The van der Waals surface area contributed by atoms with Crippen molar-refractivity contribution in [2.75, 3.05) is 31.6 Å². The van der Waals surface area contributed by atoms with Crippen LogP contribution in [0.25, 0.3) is 0 Å². The van der Waals surface area contributed by atoms with Crippen molar-refractivity contribution in [3.63, 3.8) is 0 Å². The molecule has 0 bridgehead atoms. The predicted molar refractivity (Wildman–Crippen MR) is 120 cm³/mol. The number of carbonyl (C=O) groups excluding carboxylic acids is 1. The van der Waals surface area contributed by atoms with Gasteiger partial charge in [0.15, 0.2) is 0 Å². The maximum atomic E-state index is 12.6. The molecular formula is C23H31N3O3S. The molecule has 1 saturated heterocycles. The third-order valence-corrected chi connectivity index (χ3v) is 7.36. The van der Waals surface area contributed by atoms with E-state index in [9.17, 15) is 13.2 Å². The lowest BCUT2D eigenvalue weighted by Crippen LogP contribution is -2.38. The van der Waals surface area contributed by atoms with E-state index in [2.05, 4.69) is 29.3 Å². The maximum absolute atomic E-state index is 12.6. The molecular weight excluding hydrogens is 398 g/mol. The van der Waals surface area contributed by atoms with Crippen LogP contribution in [0, 0.1) is 12.8 Å². The van der Waals surface area contributed by atoms with E-state index in [0.29, 0.717) is 12.5 Å². The standard InChI is InChI=1S/C23H31N3O3S/c1-18-6-12-22(13-7-18)30(28,29)25(3)17-23(27)24-15-20-8-10-21(11-9-20)26-14-4-5-19(2)16-26/h6-13,19H,4-5,14-17H2,1-3H3,(H,24,27)/t19-/m1/s1. The minimum atomic E-state index is -3.69. The van der Waals surface area contributed by atoms with Gasteiger partial charge in [0.2, 0.25) is 15.9 Å². The van der Waals surface area contributed by atoms with Crippen molar-refractivity contribution in [1.82, 2.24) is 9.62 Å². The fraction of sp³-hybridized carbons (Fsp3) is 0.435. The fourth-order valence-corrected chi connectivity index (χ4v) is 4.81. The summed E-state index contributed by atoms with van der Waals surface area (Å²) in [6, 6.07) is 14.8. The lowest BCUT2D eigenvalue weighted by atomic mass is 9.99. The Kier molecular flexibility index (Phi) is 7.15. The number of likely N-dealkylation sites (N-methyl/N-ethyl adjacent to an activating group) is 1. The van der Waals surface area contributed by atoms with Crippen molar-refractivity contribution in [3.8, 4) is 0 Å². The highest BCUT2D eigenvalue weighted by molar-refractivity contribution is 7.89. The van der Waals surface area contributed by atoms with Gasteiger partial charge in [-0.15, -0.1) is 0 Å². The van der Waals surface area contributed by atoms with E-state index in [0.717, 1.165) is 28.5 Å². The van der Waals surface area contributed by atoms with Gasteiger partial charge in [-0.1, -0.05) is 36.8 Å². The van der Waals surface area contributed by atoms with E-state index < -0.39 is 10.0 Å². The molecule has 1 heterocycles.